The Labute approximate surface area is 218 Å². The number of likely N-dealkylation sites (tertiary alicyclic amines) is 1. The van der Waals surface area contributed by atoms with E-state index in [9.17, 15) is 19.5 Å². The first-order chi connectivity index (χ1) is 17.4. The van der Waals surface area contributed by atoms with Crippen LogP contribution < -0.4 is 0 Å². The number of ether oxygens (including phenoxy) is 1. The molecule has 7 atom stereocenters. The predicted molar refractivity (Wildman–Crippen MR) is 140 cm³/mol. The summed E-state index contributed by atoms with van der Waals surface area (Å²) in [7, 11) is 0. The Bertz CT molecular complexity index is 987. The molecular weight excluding hydrogens is 476 g/mol. The molecule has 1 aromatic carbocycles. The Hall–Kier alpha value is -2.32. The topological polar surface area (TPSA) is 87.2 Å². The largest absolute Gasteiger partial charge is 0.466 e. The van der Waals surface area contributed by atoms with Gasteiger partial charge in [-0.05, 0) is 31.2 Å². The fourth-order valence-electron chi connectivity index (χ4n) is 6.58. The summed E-state index contributed by atoms with van der Waals surface area (Å²) < 4.78 is 4.68. The molecule has 1 spiro atoms. The van der Waals surface area contributed by atoms with Crippen LogP contribution in [-0.4, -0.2) is 75.0 Å². The highest BCUT2D eigenvalue weighted by Crippen LogP contribution is 2.69. The molecule has 0 saturated carbocycles. The van der Waals surface area contributed by atoms with Gasteiger partial charge >= 0.3 is 5.97 Å². The van der Waals surface area contributed by atoms with E-state index in [1.54, 1.807) is 34.6 Å². The first-order valence-corrected chi connectivity index (χ1v) is 14.0. The zero-order valence-electron chi connectivity index (χ0n) is 21.5. The smallest absolute Gasteiger partial charge is 0.310 e. The highest BCUT2D eigenvalue weighted by molar-refractivity contribution is 8.02. The number of thioether (sulfide) groups is 1. The van der Waals surface area contributed by atoms with Crippen LogP contribution in [0.1, 0.15) is 51.6 Å². The number of carbonyl (C=O) groups is 3. The zero-order valence-corrected chi connectivity index (χ0v) is 22.3. The van der Waals surface area contributed by atoms with Gasteiger partial charge in [0.25, 0.3) is 0 Å². The third kappa shape index (κ3) is 4.16. The molecule has 2 bridgehead atoms. The molecule has 196 valence electrons. The van der Waals surface area contributed by atoms with Crippen molar-refractivity contribution in [3.63, 3.8) is 0 Å². The molecule has 3 unspecified atom stereocenters. The van der Waals surface area contributed by atoms with Crippen LogP contribution in [0.15, 0.2) is 43.0 Å². The lowest BCUT2D eigenvalue weighted by Crippen LogP contribution is -2.58. The lowest BCUT2D eigenvalue weighted by Gasteiger charge is -2.42. The summed E-state index contributed by atoms with van der Waals surface area (Å²) in [4.78, 5) is 45.3. The molecule has 7 nitrogen and oxygen atoms in total. The minimum atomic E-state index is -0.784. The molecule has 0 aromatic heterocycles. The summed E-state index contributed by atoms with van der Waals surface area (Å²) in [5, 5.41) is 10.5. The van der Waals surface area contributed by atoms with E-state index in [0.29, 0.717) is 13.1 Å². The Kier molecular flexibility index (Phi) is 8.15. The number of carbonyl (C=O) groups excluding carboxylic acids is 3. The van der Waals surface area contributed by atoms with E-state index >= 15 is 0 Å². The fraction of sp³-hybridized carbons (Fsp3) is 0.607. The molecule has 3 heterocycles. The van der Waals surface area contributed by atoms with Crippen molar-refractivity contribution < 1.29 is 24.2 Å². The van der Waals surface area contributed by atoms with Crippen LogP contribution >= 0.6 is 11.8 Å². The molecule has 1 aromatic rings. The second-order valence-electron chi connectivity index (χ2n) is 10.1. The highest BCUT2D eigenvalue weighted by Gasteiger charge is 2.77. The zero-order chi connectivity index (χ0) is 26.0. The Morgan fingerprint density at radius 2 is 2.06 bits per heavy atom. The molecule has 4 rings (SSSR count). The highest BCUT2D eigenvalue weighted by atomic mass is 32.2. The van der Waals surface area contributed by atoms with Gasteiger partial charge in [0, 0.05) is 18.3 Å². The van der Waals surface area contributed by atoms with E-state index < -0.39 is 28.7 Å². The Morgan fingerprint density at radius 1 is 1.33 bits per heavy atom. The van der Waals surface area contributed by atoms with Gasteiger partial charge in [0.1, 0.15) is 6.04 Å². The van der Waals surface area contributed by atoms with Crippen LogP contribution in [0.4, 0.5) is 0 Å². The summed E-state index contributed by atoms with van der Waals surface area (Å²) in [5.74, 6) is -1.90. The second-order valence-corrected chi connectivity index (χ2v) is 11.6. The van der Waals surface area contributed by atoms with E-state index in [0.717, 1.165) is 24.8 Å². The first kappa shape index (κ1) is 26.7. The number of benzene rings is 1. The van der Waals surface area contributed by atoms with Gasteiger partial charge in [-0.15, -0.1) is 18.3 Å². The van der Waals surface area contributed by atoms with Crippen LogP contribution in [-0.2, 0) is 19.1 Å². The predicted octanol–water partition coefficient (Wildman–Crippen LogP) is 3.44. The van der Waals surface area contributed by atoms with Gasteiger partial charge in [-0.2, -0.15) is 0 Å². The van der Waals surface area contributed by atoms with E-state index in [-0.39, 0.29) is 42.2 Å². The van der Waals surface area contributed by atoms with Gasteiger partial charge in [0.15, 0.2) is 0 Å². The van der Waals surface area contributed by atoms with Gasteiger partial charge in [0.2, 0.25) is 11.8 Å². The molecule has 3 aliphatic heterocycles. The van der Waals surface area contributed by atoms with Crippen molar-refractivity contribution in [2.24, 2.45) is 17.8 Å². The SMILES string of the molecule is C=CCN(CCCC)C(=O)C1N([C@H](CO)c2ccccc2)C(=O)[C@@H]2[C@@H](C(=O)OCC)[C@H]3CC(C)C12S3. The van der Waals surface area contributed by atoms with E-state index in [1.165, 1.54) is 0 Å². The maximum Gasteiger partial charge on any atom is 0.310 e. The number of fused-ring (bicyclic) bond motifs is 1. The summed E-state index contributed by atoms with van der Waals surface area (Å²) >= 11 is 1.63. The van der Waals surface area contributed by atoms with Gasteiger partial charge in [-0.1, -0.05) is 56.7 Å². The second kappa shape index (κ2) is 11.0. The number of nitrogens with zero attached hydrogens (tertiary/aromatic N) is 2. The summed E-state index contributed by atoms with van der Waals surface area (Å²) in [6.07, 6.45) is 4.24. The number of rotatable bonds is 11. The van der Waals surface area contributed by atoms with Crippen LogP contribution in [0.25, 0.3) is 0 Å². The van der Waals surface area contributed by atoms with Crippen molar-refractivity contribution in [3.05, 3.63) is 48.6 Å². The molecule has 1 N–H and O–H groups in total. The molecule has 3 saturated heterocycles. The van der Waals surface area contributed by atoms with Crippen molar-refractivity contribution in [3.8, 4) is 0 Å². The number of hydrogen-bond acceptors (Lipinski definition) is 6. The minimum Gasteiger partial charge on any atom is -0.466 e. The number of aliphatic hydroxyl groups excluding tert-OH is 1. The summed E-state index contributed by atoms with van der Waals surface area (Å²) in [6, 6.07) is 7.89. The Balaban J connectivity index is 1.85. The number of esters is 1. The molecule has 8 heteroatoms. The summed E-state index contributed by atoms with van der Waals surface area (Å²) in [6.45, 7) is 10.7. The van der Waals surface area contributed by atoms with Crippen LogP contribution in [0, 0.1) is 17.8 Å². The maximum absolute atomic E-state index is 14.4. The van der Waals surface area contributed by atoms with Gasteiger partial charge in [-0.3, -0.25) is 14.4 Å². The molecular formula is C28H38N2O5S. The molecule has 0 radical (unpaired) electrons. The van der Waals surface area contributed by atoms with Gasteiger partial charge < -0.3 is 19.6 Å². The number of hydrogen-bond donors (Lipinski definition) is 1. The number of amides is 2. The molecule has 3 aliphatic rings. The van der Waals surface area contributed by atoms with Crippen molar-refractivity contribution in [2.45, 2.75) is 62.1 Å². The number of aliphatic hydroxyl groups is 1. The normalized spacial score (nSPS) is 31.3. The molecule has 2 amide bonds. The quantitative estimate of drug-likeness (QED) is 0.360. The van der Waals surface area contributed by atoms with Crippen LogP contribution in [0.3, 0.4) is 0 Å². The van der Waals surface area contributed by atoms with Gasteiger partial charge in [-0.25, -0.2) is 0 Å². The molecule has 36 heavy (non-hydrogen) atoms. The third-order valence-corrected chi connectivity index (χ3v) is 10.2. The lowest BCUT2D eigenvalue weighted by molar-refractivity contribution is -0.154. The van der Waals surface area contributed by atoms with Crippen molar-refractivity contribution >= 4 is 29.5 Å². The summed E-state index contributed by atoms with van der Waals surface area (Å²) in [5.41, 5.74) is 0.770. The average Bonchev–Trinajstić information content (AvgIpc) is 3.47. The van der Waals surface area contributed by atoms with Crippen molar-refractivity contribution in [1.82, 2.24) is 9.80 Å². The maximum atomic E-state index is 14.4. The van der Waals surface area contributed by atoms with E-state index in [2.05, 4.69) is 20.4 Å². The fourth-order valence-corrected chi connectivity index (χ4v) is 8.97. The van der Waals surface area contributed by atoms with Crippen LogP contribution in [0.2, 0.25) is 0 Å². The first-order valence-electron chi connectivity index (χ1n) is 13.1. The molecule has 0 aliphatic carbocycles. The van der Waals surface area contributed by atoms with Crippen molar-refractivity contribution in [1.29, 1.82) is 0 Å². The van der Waals surface area contributed by atoms with Crippen LogP contribution in [0.5, 0.6) is 0 Å². The monoisotopic (exact) mass is 514 g/mol. The standard InChI is InChI=1S/C28H38N2O5S/c1-5-8-15-29(14-6-2)26(33)24-28-18(4)16-21(36-28)22(27(34)35-7-3)23(28)25(32)30(24)20(17-31)19-12-10-9-11-13-19/h6,9-13,18,20-24,31H,2,5,7-8,14-17H2,1,3-4H3/t18?,20-,21-,22+,23+,24?,28?/m1/s1. The third-order valence-electron chi connectivity index (χ3n) is 8.11. The minimum absolute atomic E-state index is 0.0537. The Morgan fingerprint density at radius 3 is 2.67 bits per heavy atom. The lowest BCUT2D eigenvalue weighted by atomic mass is 9.66. The number of unbranched alkanes of at least 4 members (excludes halogenated alkanes) is 1. The molecule has 3 fully saturated rings. The average molecular weight is 515 g/mol. The van der Waals surface area contributed by atoms with E-state index in [1.807, 2.05) is 30.3 Å². The van der Waals surface area contributed by atoms with Crippen molar-refractivity contribution in [2.75, 3.05) is 26.3 Å². The van der Waals surface area contributed by atoms with Gasteiger partial charge in [0.05, 0.1) is 35.8 Å². The van der Waals surface area contributed by atoms with E-state index in [4.69, 9.17) is 4.74 Å².